The second-order valence-corrected chi connectivity index (χ2v) is 5.65. The van der Waals surface area contributed by atoms with Crippen LogP contribution in [-0.2, 0) is 12.6 Å². The Hall–Kier alpha value is -3.16. The molecule has 1 aromatic heterocycles. The Kier molecular flexibility index (Phi) is 4.98. The number of hydrogen-bond acceptors (Lipinski definition) is 3. The summed E-state index contributed by atoms with van der Waals surface area (Å²) in [6, 6.07) is 11.5. The van der Waals surface area contributed by atoms with Gasteiger partial charge in [-0.15, -0.1) is 0 Å². The SMILES string of the molecule is CCc1oc(C(F)(F)F)nc1-c1ccc(NC(=O)c2ccccc2F)cc1. The quantitative estimate of drug-likeness (QED) is 0.626. The number of aromatic nitrogens is 1. The summed E-state index contributed by atoms with van der Waals surface area (Å²) in [4.78, 5) is 15.6. The van der Waals surface area contributed by atoms with E-state index in [1.165, 1.54) is 48.5 Å². The molecule has 0 spiro atoms. The molecule has 4 nitrogen and oxygen atoms in total. The minimum Gasteiger partial charge on any atom is -0.437 e. The van der Waals surface area contributed by atoms with Gasteiger partial charge in [0, 0.05) is 17.7 Å². The lowest BCUT2D eigenvalue weighted by Gasteiger charge is -2.07. The van der Waals surface area contributed by atoms with Crippen LogP contribution in [0.4, 0.5) is 23.2 Å². The van der Waals surface area contributed by atoms with Crippen molar-refractivity contribution in [1.82, 2.24) is 4.98 Å². The third kappa shape index (κ3) is 3.99. The lowest BCUT2D eigenvalue weighted by Crippen LogP contribution is -2.13. The van der Waals surface area contributed by atoms with Crippen LogP contribution in [0.2, 0.25) is 0 Å². The maximum absolute atomic E-state index is 13.6. The fourth-order valence-corrected chi connectivity index (χ4v) is 2.49. The number of nitrogens with one attached hydrogen (secondary N) is 1. The van der Waals surface area contributed by atoms with Gasteiger partial charge in [-0.3, -0.25) is 4.79 Å². The molecule has 0 saturated carbocycles. The van der Waals surface area contributed by atoms with E-state index in [0.717, 1.165) is 0 Å². The number of alkyl halides is 3. The van der Waals surface area contributed by atoms with Gasteiger partial charge in [0.1, 0.15) is 17.3 Å². The van der Waals surface area contributed by atoms with Crippen molar-refractivity contribution in [1.29, 1.82) is 0 Å². The van der Waals surface area contributed by atoms with Crippen molar-refractivity contribution in [2.45, 2.75) is 19.5 Å². The molecule has 8 heteroatoms. The predicted octanol–water partition coefficient (Wildman–Crippen LogP) is 5.31. The topological polar surface area (TPSA) is 55.1 Å². The number of carbonyl (C=O) groups excluding carboxylic acids is 1. The van der Waals surface area contributed by atoms with Crippen LogP contribution in [-0.4, -0.2) is 10.9 Å². The van der Waals surface area contributed by atoms with Crippen molar-refractivity contribution in [2.75, 3.05) is 5.32 Å². The number of aryl methyl sites for hydroxylation is 1. The number of amides is 1. The molecule has 27 heavy (non-hydrogen) atoms. The van der Waals surface area contributed by atoms with Gasteiger partial charge in [-0.25, -0.2) is 9.37 Å². The van der Waals surface area contributed by atoms with Gasteiger partial charge in [0.2, 0.25) is 0 Å². The van der Waals surface area contributed by atoms with Gasteiger partial charge >= 0.3 is 12.1 Å². The first kappa shape index (κ1) is 18.6. The van der Waals surface area contributed by atoms with E-state index < -0.39 is 23.8 Å². The first-order valence-corrected chi connectivity index (χ1v) is 8.02. The summed E-state index contributed by atoms with van der Waals surface area (Å²) in [6.45, 7) is 1.66. The van der Waals surface area contributed by atoms with E-state index in [9.17, 15) is 22.4 Å². The van der Waals surface area contributed by atoms with Gasteiger partial charge in [0.25, 0.3) is 5.91 Å². The molecule has 0 aliphatic rings. The van der Waals surface area contributed by atoms with Gasteiger partial charge in [-0.2, -0.15) is 13.2 Å². The predicted molar refractivity (Wildman–Crippen MR) is 90.7 cm³/mol. The van der Waals surface area contributed by atoms with Crippen molar-refractivity contribution >= 4 is 11.6 Å². The second-order valence-electron chi connectivity index (χ2n) is 5.65. The molecule has 0 radical (unpaired) electrons. The van der Waals surface area contributed by atoms with Gasteiger partial charge in [-0.1, -0.05) is 31.2 Å². The summed E-state index contributed by atoms with van der Waals surface area (Å²) in [6.07, 6.45) is -4.43. The molecule has 3 aromatic rings. The molecule has 1 N–H and O–H groups in total. The maximum Gasteiger partial charge on any atom is 0.468 e. The summed E-state index contributed by atoms with van der Waals surface area (Å²) in [7, 11) is 0. The van der Waals surface area contributed by atoms with Crippen LogP contribution >= 0.6 is 0 Å². The van der Waals surface area contributed by atoms with E-state index >= 15 is 0 Å². The molecule has 0 aliphatic heterocycles. The highest BCUT2D eigenvalue weighted by Crippen LogP contribution is 2.34. The van der Waals surface area contributed by atoms with E-state index in [1.54, 1.807) is 6.92 Å². The molecule has 0 bridgehead atoms. The first-order chi connectivity index (χ1) is 12.8. The number of nitrogens with zero attached hydrogens (tertiary/aromatic N) is 1. The molecule has 0 saturated heterocycles. The van der Waals surface area contributed by atoms with Crippen LogP contribution in [0.3, 0.4) is 0 Å². The van der Waals surface area contributed by atoms with Crippen molar-refractivity contribution in [2.24, 2.45) is 0 Å². The highest BCUT2D eigenvalue weighted by Gasteiger charge is 2.38. The van der Waals surface area contributed by atoms with Crippen molar-refractivity contribution in [3.8, 4) is 11.3 Å². The summed E-state index contributed by atoms with van der Waals surface area (Å²) in [5.41, 5.74) is 0.762. The van der Waals surface area contributed by atoms with Crippen LogP contribution in [0, 0.1) is 5.82 Å². The Morgan fingerprint density at radius 3 is 2.37 bits per heavy atom. The number of anilines is 1. The molecule has 0 fully saturated rings. The third-order valence-corrected chi connectivity index (χ3v) is 3.80. The van der Waals surface area contributed by atoms with Crippen LogP contribution in [0.5, 0.6) is 0 Å². The molecular weight excluding hydrogens is 364 g/mol. The number of benzene rings is 2. The molecule has 0 unspecified atom stereocenters. The number of rotatable bonds is 4. The van der Waals surface area contributed by atoms with Crippen LogP contribution in [0.15, 0.2) is 52.9 Å². The van der Waals surface area contributed by atoms with E-state index in [1.807, 2.05) is 0 Å². The Morgan fingerprint density at radius 1 is 1.11 bits per heavy atom. The molecular formula is C19H14F4N2O2. The van der Waals surface area contributed by atoms with E-state index in [2.05, 4.69) is 10.3 Å². The fraction of sp³-hybridized carbons (Fsp3) is 0.158. The molecule has 1 amide bonds. The van der Waals surface area contributed by atoms with Gasteiger partial charge in [0.15, 0.2) is 0 Å². The highest BCUT2D eigenvalue weighted by atomic mass is 19.4. The summed E-state index contributed by atoms with van der Waals surface area (Å²) in [5.74, 6) is -2.46. The number of hydrogen-bond donors (Lipinski definition) is 1. The molecule has 0 atom stereocenters. The summed E-state index contributed by atoms with van der Waals surface area (Å²) < 4.78 is 56.8. The first-order valence-electron chi connectivity index (χ1n) is 8.02. The largest absolute Gasteiger partial charge is 0.468 e. The van der Waals surface area contributed by atoms with Crippen LogP contribution in [0.25, 0.3) is 11.3 Å². The third-order valence-electron chi connectivity index (χ3n) is 3.80. The van der Waals surface area contributed by atoms with Crippen molar-refractivity contribution < 1.29 is 26.8 Å². The number of oxazole rings is 1. The average Bonchev–Trinajstić information content (AvgIpc) is 3.07. The Bertz CT molecular complexity index is 963. The van der Waals surface area contributed by atoms with Crippen LogP contribution in [0.1, 0.15) is 28.9 Å². The van der Waals surface area contributed by atoms with Gasteiger partial charge in [-0.05, 0) is 24.3 Å². The monoisotopic (exact) mass is 378 g/mol. The highest BCUT2D eigenvalue weighted by molar-refractivity contribution is 6.04. The normalized spacial score (nSPS) is 11.4. The fourth-order valence-electron chi connectivity index (χ4n) is 2.49. The molecule has 2 aromatic carbocycles. The average molecular weight is 378 g/mol. The smallest absolute Gasteiger partial charge is 0.437 e. The van der Waals surface area contributed by atoms with E-state index in [-0.39, 0.29) is 23.4 Å². The van der Waals surface area contributed by atoms with Crippen molar-refractivity contribution in [3.05, 3.63) is 71.6 Å². The molecule has 3 rings (SSSR count). The number of halogens is 4. The molecule has 0 aliphatic carbocycles. The zero-order chi connectivity index (χ0) is 19.6. The summed E-state index contributed by atoms with van der Waals surface area (Å²) in [5, 5.41) is 2.53. The second kappa shape index (κ2) is 7.22. The lowest BCUT2D eigenvalue weighted by molar-refractivity contribution is -0.157. The van der Waals surface area contributed by atoms with E-state index in [4.69, 9.17) is 4.42 Å². The zero-order valence-electron chi connectivity index (χ0n) is 14.1. The molecule has 140 valence electrons. The standard InChI is InChI=1S/C19H14F4N2O2/c1-2-15-16(25-18(27-15)19(21,22)23)11-7-9-12(10-8-11)24-17(26)13-5-3-4-6-14(13)20/h3-10H,2H2,1H3,(H,24,26). The maximum atomic E-state index is 13.6. The number of carbonyl (C=O) groups is 1. The van der Waals surface area contributed by atoms with Gasteiger partial charge in [0.05, 0.1) is 5.56 Å². The minimum atomic E-state index is -4.67. The van der Waals surface area contributed by atoms with Gasteiger partial charge < -0.3 is 9.73 Å². The molecule has 1 heterocycles. The van der Waals surface area contributed by atoms with Crippen LogP contribution < -0.4 is 5.32 Å². The Labute approximate surface area is 151 Å². The zero-order valence-corrected chi connectivity index (χ0v) is 14.1. The Morgan fingerprint density at radius 2 is 1.78 bits per heavy atom. The minimum absolute atomic E-state index is 0.0943. The Balaban J connectivity index is 1.83. The van der Waals surface area contributed by atoms with Crippen molar-refractivity contribution in [3.63, 3.8) is 0 Å². The lowest BCUT2D eigenvalue weighted by atomic mass is 10.1. The van der Waals surface area contributed by atoms with E-state index in [0.29, 0.717) is 11.3 Å². The summed E-state index contributed by atoms with van der Waals surface area (Å²) >= 11 is 0.